The first kappa shape index (κ1) is 15.0. The van der Waals surface area contributed by atoms with Crippen molar-refractivity contribution in [2.45, 2.75) is 53.1 Å². The maximum absolute atomic E-state index is 5.89. The molecule has 18 heavy (non-hydrogen) atoms. The highest BCUT2D eigenvalue weighted by atomic mass is 16.5. The van der Waals surface area contributed by atoms with Crippen molar-refractivity contribution in [3.8, 4) is 5.75 Å². The van der Waals surface area contributed by atoms with Crippen molar-refractivity contribution in [2.24, 2.45) is 0 Å². The monoisotopic (exact) mass is 249 g/mol. The minimum atomic E-state index is 0.216. The zero-order valence-electron chi connectivity index (χ0n) is 12.3. The van der Waals surface area contributed by atoms with Crippen LogP contribution in [0.2, 0.25) is 0 Å². The number of unbranched alkanes of at least 4 members (excludes halogenated alkanes) is 2. The van der Waals surface area contributed by atoms with Crippen LogP contribution in [0.25, 0.3) is 0 Å². The Morgan fingerprint density at radius 2 is 1.94 bits per heavy atom. The summed E-state index contributed by atoms with van der Waals surface area (Å²) in [5.41, 5.74) is 2.60. The van der Waals surface area contributed by atoms with Crippen LogP contribution in [0.1, 0.15) is 44.2 Å². The molecule has 0 saturated carbocycles. The van der Waals surface area contributed by atoms with E-state index in [9.17, 15) is 0 Å². The van der Waals surface area contributed by atoms with Crippen molar-refractivity contribution >= 4 is 0 Å². The fourth-order valence-electron chi connectivity index (χ4n) is 1.87. The van der Waals surface area contributed by atoms with Crippen LogP contribution in [0.15, 0.2) is 18.2 Å². The van der Waals surface area contributed by atoms with Crippen molar-refractivity contribution in [3.05, 3.63) is 29.3 Å². The van der Waals surface area contributed by atoms with Crippen molar-refractivity contribution in [1.29, 1.82) is 0 Å². The molecule has 0 aromatic heterocycles. The van der Waals surface area contributed by atoms with Gasteiger partial charge in [0.15, 0.2) is 0 Å². The number of hydrogen-bond donors (Lipinski definition) is 1. The molecule has 0 heterocycles. The van der Waals surface area contributed by atoms with E-state index in [4.69, 9.17) is 4.74 Å². The Hall–Kier alpha value is -1.02. The second-order valence-electron chi connectivity index (χ2n) is 5.09. The van der Waals surface area contributed by atoms with Gasteiger partial charge in [-0.25, -0.2) is 0 Å². The van der Waals surface area contributed by atoms with Crippen LogP contribution in [0.3, 0.4) is 0 Å². The number of hydrogen-bond acceptors (Lipinski definition) is 2. The van der Waals surface area contributed by atoms with Crippen molar-refractivity contribution in [2.75, 3.05) is 13.1 Å². The predicted octanol–water partition coefficient (Wildman–Crippen LogP) is 3.85. The summed E-state index contributed by atoms with van der Waals surface area (Å²) in [4.78, 5) is 0. The van der Waals surface area contributed by atoms with E-state index in [0.29, 0.717) is 0 Å². The van der Waals surface area contributed by atoms with Crippen LogP contribution >= 0.6 is 0 Å². The van der Waals surface area contributed by atoms with Crippen LogP contribution in [0.5, 0.6) is 5.75 Å². The smallest absolute Gasteiger partial charge is 0.120 e. The molecule has 1 aromatic carbocycles. The minimum absolute atomic E-state index is 0.216. The van der Waals surface area contributed by atoms with E-state index in [-0.39, 0.29) is 6.10 Å². The highest BCUT2D eigenvalue weighted by Crippen LogP contribution is 2.17. The maximum Gasteiger partial charge on any atom is 0.120 e. The van der Waals surface area contributed by atoms with Crippen molar-refractivity contribution in [1.82, 2.24) is 5.32 Å². The normalized spacial score (nSPS) is 12.4. The van der Waals surface area contributed by atoms with Crippen LogP contribution in [0, 0.1) is 13.8 Å². The lowest BCUT2D eigenvalue weighted by atomic mass is 10.1. The molecule has 0 saturated heterocycles. The van der Waals surface area contributed by atoms with Gasteiger partial charge in [-0.2, -0.15) is 0 Å². The van der Waals surface area contributed by atoms with Crippen LogP contribution in [0.4, 0.5) is 0 Å². The molecule has 2 nitrogen and oxygen atoms in total. The van der Waals surface area contributed by atoms with Gasteiger partial charge in [-0.05, 0) is 57.0 Å². The number of ether oxygens (including phenoxy) is 1. The lowest BCUT2D eigenvalue weighted by molar-refractivity contribution is 0.217. The van der Waals surface area contributed by atoms with Crippen molar-refractivity contribution < 1.29 is 4.74 Å². The number of nitrogens with one attached hydrogen (secondary N) is 1. The first-order valence-electron chi connectivity index (χ1n) is 7.08. The summed E-state index contributed by atoms with van der Waals surface area (Å²) in [5, 5.41) is 3.44. The Bertz CT molecular complexity index is 349. The van der Waals surface area contributed by atoms with Gasteiger partial charge >= 0.3 is 0 Å². The van der Waals surface area contributed by atoms with Crippen LogP contribution < -0.4 is 10.1 Å². The first-order valence-corrected chi connectivity index (χ1v) is 7.08. The Morgan fingerprint density at radius 1 is 1.17 bits per heavy atom. The molecule has 1 unspecified atom stereocenters. The van der Waals surface area contributed by atoms with E-state index in [0.717, 1.165) is 18.8 Å². The third-order valence-corrected chi connectivity index (χ3v) is 3.20. The summed E-state index contributed by atoms with van der Waals surface area (Å²) < 4.78 is 5.89. The zero-order valence-corrected chi connectivity index (χ0v) is 12.3. The van der Waals surface area contributed by atoms with Crippen LogP contribution in [-0.4, -0.2) is 19.2 Å². The molecule has 1 N–H and O–H groups in total. The summed E-state index contributed by atoms with van der Waals surface area (Å²) in [7, 11) is 0. The molecular weight excluding hydrogens is 222 g/mol. The molecule has 1 aromatic rings. The van der Waals surface area contributed by atoms with E-state index < -0.39 is 0 Å². The highest BCUT2D eigenvalue weighted by Gasteiger charge is 2.04. The largest absolute Gasteiger partial charge is 0.489 e. The van der Waals surface area contributed by atoms with E-state index in [1.165, 1.54) is 30.4 Å². The summed E-state index contributed by atoms with van der Waals surface area (Å²) >= 11 is 0. The third kappa shape index (κ3) is 5.54. The lowest BCUT2D eigenvalue weighted by Gasteiger charge is -2.16. The molecule has 0 aliphatic carbocycles. The Balaban J connectivity index is 2.26. The van der Waals surface area contributed by atoms with Gasteiger partial charge in [-0.15, -0.1) is 0 Å². The van der Waals surface area contributed by atoms with Gasteiger partial charge in [0.2, 0.25) is 0 Å². The Labute approximate surface area is 112 Å². The number of aryl methyl sites for hydroxylation is 2. The SMILES string of the molecule is CCCCCNCC(C)Oc1ccc(C)c(C)c1. The standard InChI is InChI=1S/C16H27NO/c1-5-6-7-10-17-12-15(4)18-16-9-8-13(2)14(3)11-16/h8-9,11,15,17H,5-7,10,12H2,1-4H3. The molecular formula is C16H27NO. The average molecular weight is 249 g/mol. The van der Waals surface area contributed by atoms with Gasteiger partial charge < -0.3 is 10.1 Å². The maximum atomic E-state index is 5.89. The van der Waals surface area contributed by atoms with Gasteiger partial charge in [0.1, 0.15) is 11.9 Å². The molecule has 0 bridgehead atoms. The molecule has 0 fully saturated rings. The lowest BCUT2D eigenvalue weighted by Crippen LogP contribution is -2.29. The van der Waals surface area contributed by atoms with Gasteiger partial charge in [-0.1, -0.05) is 25.8 Å². The number of benzene rings is 1. The molecule has 1 rings (SSSR count). The molecule has 0 aliphatic rings. The molecule has 0 aliphatic heterocycles. The summed E-state index contributed by atoms with van der Waals surface area (Å²) in [6.45, 7) is 10.6. The molecule has 0 spiro atoms. The van der Waals surface area contributed by atoms with Gasteiger partial charge in [0.05, 0.1) is 0 Å². The Morgan fingerprint density at radius 3 is 2.61 bits per heavy atom. The summed E-state index contributed by atoms with van der Waals surface area (Å²) in [5.74, 6) is 0.973. The second kappa shape index (κ2) is 8.15. The molecule has 1 atom stereocenters. The molecule has 102 valence electrons. The third-order valence-electron chi connectivity index (χ3n) is 3.20. The molecule has 0 amide bonds. The highest BCUT2D eigenvalue weighted by molar-refractivity contribution is 5.33. The predicted molar refractivity (Wildman–Crippen MR) is 78.4 cm³/mol. The topological polar surface area (TPSA) is 21.3 Å². The fourth-order valence-corrected chi connectivity index (χ4v) is 1.87. The zero-order chi connectivity index (χ0) is 13.4. The van der Waals surface area contributed by atoms with E-state index in [2.05, 4.69) is 51.2 Å². The summed E-state index contributed by atoms with van der Waals surface area (Å²) in [6.07, 6.45) is 4.05. The van der Waals surface area contributed by atoms with Gasteiger partial charge in [-0.3, -0.25) is 0 Å². The number of rotatable bonds is 8. The van der Waals surface area contributed by atoms with E-state index in [1.54, 1.807) is 0 Å². The fraction of sp³-hybridized carbons (Fsp3) is 0.625. The van der Waals surface area contributed by atoms with Gasteiger partial charge in [0, 0.05) is 6.54 Å². The minimum Gasteiger partial charge on any atom is -0.489 e. The second-order valence-corrected chi connectivity index (χ2v) is 5.09. The van der Waals surface area contributed by atoms with Gasteiger partial charge in [0.25, 0.3) is 0 Å². The Kier molecular flexibility index (Phi) is 6.81. The quantitative estimate of drug-likeness (QED) is 0.707. The van der Waals surface area contributed by atoms with E-state index in [1.807, 2.05) is 0 Å². The average Bonchev–Trinajstić information content (AvgIpc) is 2.34. The van der Waals surface area contributed by atoms with Crippen molar-refractivity contribution in [3.63, 3.8) is 0 Å². The first-order chi connectivity index (χ1) is 8.63. The van der Waals surface area contributed by atoms with E-state index >= 15 is 0 Å². The summed E-state index contributed by atoms with van der Waals surface area (Å²) in [6, 6.07) is 6.28. The van der Waals surface area contributed by atoms with Crippen LogP contribution in [-0.2, 0) is 0 Å². The molecule has 2 heteroatoms. The molecule has 0 radical (unpaired) electrons.